The van der Waals surface area contributed by atoms with Gasteiger partial charge in [-0.05, 0) is 27.9 Å². The Labute approximate surface area is 61.6 Å². The van der Waals surface area contributed by atoms with Crippen molar-refractivity contribution in [3.63, 3.8) is 0 Å². The van der Waals surface area contributed by atoms with Gasteiger partial charge in [-0.2, -0.15) is 0 Å². The second-order valence-electron chi connectivity index (χ2n) is 2.76. The first-order valence-corrected chi connectivity index (χ1v) is 3.31. The third-order valence-corrected chi connectivity index (χ3v) is 1.43. The summed E-state index contributed by atoms with van der Waals surface area (Å²) < 4.78 is 0. The first-order chi connectivity index (χ1) is 4.46. The Balaban J connectivity index is 4.12. The fraction of sp³-hybridized carbons (Fsp3) is 0.857. The second kappa shape index (κ2) is 3.68. The molecule has 0 heterocycles. The number of carbonyl (C=O) groups excluding carboxylic acids is 1. The lowest BCUT2D eigenvalue weighted by Crippen LogP contribution is -2.42. The molecule has 60 valence electrons. The quantitative estimate of drug-likeness (QED) is 0.602. The number of likely N-dealkylation sites (N-methyl/N-ethyl adjacent to an activating group) is 1. The molecule has 0 aromatic carbocycles. The van der Waals surface area contributed by atoms with Gasteiger partial charge < -0.3 is 5.11 Å². The minimum atomic E-state index is -0.590. The van der Waals surface area contributed by atoms with Crippen LogP contribution in [0.3, 0.4) is 0 Å². The minimum absolute atomic E-state index is 0.000000000000000666. The van der Waals surface area contributed by atoms with E-state index in [1.807, 2.05) is 0 Å². The van der Waals surface area contributed by atoms with Crippen LogP contribution in [0.2, 0.25) is 0 Å². The van der Waals surface area contributed by atoms with E-state index in [-0.39, 0.29) is 11.8 Å². The molecular formula is C7H15NO2. The standard InChI is InChI=1S/C7H15NO2/c1-5(9)7(6(2)10)8(3)4/h5,7,9H,1-4H3. The molecule has 0 saturated heterocycles. The molecule has 0 aromatic rings. The van der Waals surface area contributed by atoms with Crippen LogP contribution in [-0.2, 0) is 4.79 Å². The highest BCUT2D eigenvalue weighted by Crippen LogP contribution is 2.00. The van der Waals surface area contributed by atoms with E-state index in [0.29, 0.717) is 0 Å². The zero-order valence-electron chi connectivity index (χ0n) is 6.96. The van der Waals surface area contributed by atoms with Crippen LogP contribution < -0.4 is 0 Å². The van der Waals surface area contributed by atoms with E-state index in [4.69, 9.17) is 5.11 Å². The van der Waals surface area contributed by atoms with Crippen molar-refractivity contribution >= 4 is 5.78 Å². The highest BCUT2D eigenvalue weighted by atomic mass is 16.3. The molecule has 2 unspecified atom stereocenters. The molecule has 10 heavy (non-hydrogen) atoms. The van der Waals surface area contributed by atoms with Gasteiger partial charge in [-0.1, -0.05) is 0 Å². The Morgan fingerprint density at radius 3 is 1.90 bits per heavy atom. The van der Waals surface area contributed by atoms with Crippen molar-refractivity contribution in [2.24, 2.45) is 0 Å². The van der Waals surface area contributed by atoms with Crippen LogP contribution in [-0.4, -0.2) is 42.0 Å². The van der Waals surface area contributed by atoms with Crippen LogP contribution in [0, 0.1) is 0 Å². The van der Waals surface area contributed by atoms with Crippen LogP contribution >= 0.6 is 0 Å². The Morgan fingerprint density at radius 2 is 1.90 bits per heavy atom. The van der Waals surface area contributed by atoms with E-state index in [1.165, 1.54) is 6.92 Å². The topological polar surface area (TPSA) is 40.5 Å². The molecule has 0 aliphatic carbocycles. The zero-order chi connectivity index (χ0) is 8.31. The van der Waals surface area contributed by atoms with E-state index >= 15 is 0 Å². The van der Waals surface area contributed by atoms with E-state index < -0.39 is 6.10 Å². The highest BCUT2D eigenvalue weighted by molar-refractivity contribution is 5.81. The number of rotatable bonds is 3. The maximum absolute atomic E-state index is 10.8. The predicted molar refractivity (Wildman–Crippen MR) is 39.8 cm³/mol. The summed E-state index contributed by atoms with van der Waals surface area (Å²) in [6, 6.07) is -0.361. The molecule has 0 saturated carbocycles. The fourth-order valence-corrected chi connectivity index (χ4v) is 1.13. The largest absolute Gasteiger partial charge is 0.391 e. The van der Waals surface area contributed by atoms with Crippen molar-refractivity contribution in [1.82, 2.24) is 4.90 Å². The van der Waals surface area contributed by atoms with E-state index in [0.717, 1.165) is 0 Å². The predicted octanol–water partition coefficient (Wildman–Crippen LogP) is -0.114. The molecule has 0 aromatic heterocycles. The van der Waals surface area contributed by atoms with Gasteiger partial charge in [-0.15, -0.1) is 0 Å². The van der Waals surface area contributed by atoms with E-state index in [9.17, 15) is 4.79 Å². The molecule has 0 spiro atoms. The van der Waals surface area contributed by atoms with Crippen LogP contribution in [0.5, 0.6) is 0 Å². The molecule has 0 aliphatic rings. The number of hydrogen-bond donors (Lipinski definition) is 1. The summed E-state index contributed by atoms with van der Waals surface area (Å²) in [5, 5.41) is 9.09. The van der Waals surface area contributed by atoms with Crippen LogP contribution in [0.25, 0.3) is 0 Å². The molecule has 0 bridgehead atoms. The van der Waals surface area contributed by atoms with Gasteiger partial charge in [0.05, 0.1) is 12.1 Å². The highest BCUT2D eigenvalue weighted by Gasteiger charge is 2.21. The molecule has 3 heteroatoms. The zero-order valence-corrected chi connectivity index (χ0v) is 6.96. The van der Waals surface area contributed by atoms with Gasteiger partial charge in [0, 0.05) is 0 Å². The van der Waals surface area contributed by atoms with Gasteiger partial charge in [0.1, 0.15) is 5.78 Å². The van der Waals surface area contributed by atoms with Crippen LogP contribution in [0.4, 0.5) is 0 Å². The van der Waals surface area contributed by atoms with Crippen molar-refractivity contribution in [2.75, 3.05) is 14.1 Å². The Hall–Kier alpha value is -0.410. The molecular weight excluding hydrogens is 130 g/mol. The lowest BCUT2D eigenvalue weighted by Gasteiger charge is -2.23. The summed E-state index contributed by atoms with van der Waals surface area (Å²) >= 11 is 0. The number of nitrogens with zero attached hydrogens (tertiary/aromatic N) is 1. The monoisotopic (exact) mass is 145 g/mol. The number of hydrogen-bond acceptors (Lipinski definition) is 3. The van der Waals surface area contributed by atoms with Gasteiger partial charge in [0.15, 0.2) is 0 Å². The maximum atomic E-state index is 10.8. The molecule has 0 aliphatic heterocycles. The van der Waals surface area contributed by atoms with Crippen molar-refractivity contribution in [3.05, 3.63) is 0 Å². The molecule has 0 fully saturated rings. The van der Waals surface area contributed by atoms with Crippen molar-refractivity contribution in [3.8, 4) is 0 Å². The average Bonchev–Trinajstić information content (AvgIpc) is 1.59. The summed E-state index contributed by atoms with van der Waals surface area (Å²) in [4.78, 5) is 12.5. The Bertz CT molecular complexity index is 113. The number of aliphatic hydroxyl groups excluding tert-OH is 1. The molecule has 1 N–H and O–H groups in total. The molecule has 2 atom stereocenters. The fourth-order valence-electron chi connectivity index (χ4n) is 1.13. The molecule has 0 radical (unpaired) electrons. The number of ketones is 1. The normalized spacial score (nSPS) is 17.0. The van der Waals surface area contributed by atoms with Crippen LogP contribution in [0.15, 0.2) is 0 Å². The van der Waals surface area contributed by atoms with Crippen LogP contribution in [0.1, 0.15) is 13.8 Å². The Kier molecular flexibility index (Phi) is 3.53. The SMILES string of the molecule is CC(=O)C(C(C)O)N(C)C. The van der Waals surface area contributed by atoms with Gasteiger partial charge in [0.2, 0.25) is 0 Å². The molecule has 3 nitrogen and oxygen atoms in total. The van der Waals surface area contributed by atoms with Gasteiger partial charge >= 0.3 is 0 Å². The summed E-state index contributed by atoms with van der Waals surface area (Å²) in [7, 11) is 3.55. The van der Waals surface area contributed by atoms with Gasteiger partial charge in [-0.25, -0.2) is 0 Å². The van der Waals surface area contributed by atoms with Gasteiger partial charge in [0.25, 0.3) is 0 Å². The van der Waals surface area contributed by atoms with E-state index in [2.05, 4.69) is 0 Å². The lowest BCUT2D eigenvalue weighted by molar-refractivity contribution is -0.124. The third-order valence-electron chi connectivity index (χ3n) is 1.43. The molecule has 0 amide bonds. The second-order valence-corrected chi connectivity index (χ2v) is 2.76. The van der Waals surface area contributed by atoms with Crippen molar-refractivity contribution < 1.29 is 9.90 Å². The van der Waals surface area contributed by atoms with Gasteiger partial charge in [-0.3, -0.25) is 9.69 Å². The summed E-state index contributed by atoms with van der Waals surface area (Å²) in [5.74, 6) is 0.000000000000000666. The maximum Gasteiger partial charge on any atom is 0.149 e. The summed E-state index contributed by atoms with van der Waals surface area (Å²) in [6.07, 6.45) is -0.590. The minimum Gasteiger partial charge on any atom is -0.391 e. The third kappa shape index (κ3) is 2.45. The summed E-state index contributed by atoms with van der Waals surface area (Å²) in [5.41, 5.74) is 0. The number of aliphatic hydroxyl groups is 1. The number of carbonyl (C=O) groups is 1. The van der Waals surface area contributed by atoms with Crippen molar-refractivity contribution in [2.45, 2.75) is 26.0 Å². The first kappa shape index (κ1) is 9.59. The van der Waals surface area contributed by atoms with E-state index in [1.54, 1.807) is 25.9 Å². The van der Waals surface area contributed by atoms with Crippen molar-refractivity contribution in [1.29, 1.82) is 0 Å². The molecule has 0 rings (SSSR count). The average molecular weight is 145 g/mol. The number of Topliss-reactive ketones (excluding diaryl/α,β-unsaturated/α-hetero) is 1. The first-order valence-electron chi connectivity index (χ1n) is 3.31. The lowest BCUT2D eigenvalue weighted by atomic mass is 10.1. The smallest absolute Gasteiger partial charge is 0.149 e. The summed E-state index contributed by atoms with van der Waals surface area (Å²) in [6.45, 7) is 3.10. The Morgan fingerprint density at radius 1 is 1.50 bits per heavy atom.